The van der Waals surface area contributed by atoms with Crippen molar-refractivity contribution in [1.29, 1.82) is 0 Å². The molecule has 0 aliphatic carbocycles. The van der Waals surface area contributed by atoms with Crippen molar-refractivity contribution >= 4 is 34.5 Å². The van der Waals surface area contributed by atoms with Crippen molar-refractivity contribution in [2.24, 2.45) is 0 Å². The van der Waals surface area contributed by atoms with Crippen LogP contribution in [0.25, 0.3) is 21.8 Å². The molecule has 0 spiro atoms. The molecule has 0 saturated heterocycles. The van der Waals surface area contributed by atoms with Crippen LogP contribution in [-0.2, 0) is 6.18 Å². The van der Waals surface area contributed by atoms with Crippen molar-refractivity contribution in [3.63, 3.8) is 0 Å². The first-order valence-electron chi connectivity index (χ1n) is 9.11. The zero-order valence-electron chi connectivity index (χ0n) is 15.8. The van der Waals surface area contributed by atoms with Crippen LogP contribution < -0.4 is 5.32 Å². The van der Waals surface area contributed by atoms with E-state index < -0.39 is 23.2 Å². The average molecular weight is 459 g/mol. The zero-order valence-corrected chi connectivity index (χ0v) is 17.4. The molecule has 0 saturated carbocycles. The zero-order chi connectivity index (χ0) is 22.0. The quantitative estimate of drug-likeness (QED) is 0.346. The molecule has 4 aromatic rings. The lowest BCUT2D eigenvalue weighted by molar-refractivity contribution is -0.137. The number of amides is 1. The normalized spacial score (nSPS) is 11.4. The van der Waals surface area contributed by atoms with E-state index in [1.54, 1.807) is 30.3 Å². The molecular formula is C23H14ClF3N2OS. The Morgan fingerprint density at radius 2 is 1.68 bits per heavy atom. The van der Waals surface area contributed by atoms with E-state index in [1.165, 1.54) is 23.5 Å². The molecule has 0 aliphatic rings. The monoisotopic (exact) mass is 458 g/mol. The average Bonchev–Trinajstić information content (AvgIpc) is 3.24. The number of benzene rings is 3. The Kier molecular flexibility index (Phi) is 5.80. The third kappa shape index (κ3) is 4.78. The Bertz CT molecular complexity index is 1240. The molecule has 1 N–H and O–H groups in total. The fourth-order valence-corrected chi connectivity index (χ4v) is 3.98. The van der Waals surface area contributed by atoms with Crippen LogP contribution in [0.2, 0.25) is 5.02 Å². The van der Waals surface area contributed by atoms with Crippen molar-refractivity contribution in [3.05, 3.63) is 94.3 Å². The third-order valence-electron chi connectivity index (χ3n) is 4.49. The lowest BCUT2D eigenvalue weighted by Crippen LogP contribution is -2.18. The molecule has 8 heteroatoms. The summed E-state index contributed by atoms with van der Waals surface area (Å²) in [7, 11) is 0. The Morgan fingerprint density at radius 1 is 0.935 bits per heavy atom. The summed E-state index contributed by atoms with van der Waals surface area (Å²) in [6.07, 6.45) is -4.62. The number of nitrogens with zero attached hydrogens (tertiary/aromatic N) is 1. The lowest BCUT2D eigenvalue weighted by Gasteiger charge is -2.13. The van der Waals surface area contributed by atoms with Crippen molar-refractivity contribution in [2.45, 2.75) is 6.18 Å². The molecular weight excluding hydrogens is 445 g/mol. The van der Waals surface area contributed by atoms with Gasteiger partial charge < -0.3 is 5.32 Å². The minimum absolute atomic E-state index is 0.375. The topological polar surface area (TPSA) is 42.0 Å². The van der Waals surface area contributed by atoms with Gasteiger partial charge in [-0.15, -0.1) is 11.3 Å². The summed E-state index contributed by atoms with van der Waals surface area (Å²) in [5.74, 6) is -0.829. The predicted octanol–water partition coefficient (Wildman–Crippen LogP) is 7.40. The van der Waals surface area contributed by atoms with Gasteiger partial charge in [-0.05, 0) is 36.4 Å². The van der Waals surface area contributed by atoms with Gasteiger partial charge in [0, 0.05) is 27.2 Å². The molecule has 31 heavy (non-hydrogen) atoms. The van der Waals surface area contributed by atoms with Gasteiger partial charge in [-0.1, -0.05) is 48.0 Å². The summed E-state index contributed by atoms with van der Waals surface area (Å²) >= 11 is 7.38. The van der Waals surface area contributed by atoms with Gasteiger partial charge in [0.05, 0.1) is 16.8 Å². The molecule has 1 amide bonds. The maximum absolute atomic E-state index is 13.2. The van der Waals surface area contributed by atoms with Crippen LogP contribution in [0.3, 0.4) is 0 Å². The number of hydrogen-bond acceptors (Lipinski definition) is 3. The fraction of sp³-hybridized carbons (Fsp3) is 0.0435. The maximum atomic E-state index is 13.2. The number of aromatic nitrogens is 1. The number of anilines is 1. The van der Waals surface area contributed by atoms with Gasteiger partial charge in [0.1, 0.15) is 5.01 Å². The molecule has 0 unspecified atom stereocenters. The Morgan fingerprint density at radius 3 is 2.42 bits per heavy atom. The summed E-state index contributed by atoms with van der Waals surface area (Å²) in [4.78, 5) is 17.1. The number of nitrogens with one attached hydrogen (secondary N) is 1. The number of alkyl halides is 3. The van der Waals surface area contributed by atoms with E-state index in [-0.39, 0.29) is 0 Å². The van der Waals surface area contributed by atoms with Crippen LogP contribution in [0.1, 0.15) is 15.9 Å². The molecule has 0 bridgehead atoms. The van der Waals surface area contributed by atoms with E-state index >= 15 is 0 Å². The molecule has 1 heterocycles. The molecule has 0 fully saturated rings. The van der Waals surface area contributed by atoms with Crippen LogP contribution in [0.4, 0.5) is 18.9 Å². The number of carbonyl (C=O) groups is 1. The molecule has 0 radical (unpaired) electrons. The van der Waals surface area contributed by atoms with Gasteiger partial charge in [-0.2, -0.15) is 13.2 Å². The SMILES string of the molecule is O=C(Nc1cccc(-c2csc(-c3ccc(Cl)cc3)n2)c1)c1ccccc1C(F)(F)F. The Balaban J connectivity index is 1.58. The minimum atomic E-state index is -4.62. The number of hydrogen-bond donors (Lipinski definition) is 1. The summed E-state index contributed by atoms with van der Waals surface area (Å²) in [5, 5.41) is 5.87. The van der Waals surface area contributed by atoms with Crippen LogP contribution in [0, 0.1) is 0 Å². The first-order valence-corrected chi connectivity index (χ1v) is 10.4. The smallest absolute Gasteiger partial charge is 0.322 e. The molecule has 156 valence electrons. The van der Waals surface area contributed by atoms with E-state index in [9.17, 15) is 18.0 Å². The van der Waals surface area contributed by atoms with Crippen molar-refractivity contribution in [1.82, 2.24) is 4.98 Å². The molecule has 3 nitrogen and oxygen atoms in total. The van der Waals surface area contributed by atoms with Gasteiger partial charge in [0.2, 0.25) is 0 Å². The minimum Gasteiger partial charge on any atom is -0.322 e. The molecule has 3 aromatic carbocycles. The van der Waals surface area contributed by atoms with Crippen molar-refractivity contribution in [2.75, 3.05) is 5.32 Å². The second-order valence-corrected chi connectivity index (χ2v) is 7.92. The molecule has 0 aliphatic heterocycles. The van der Waals surface area contributed by atoms with Crippen LogP contribution in [-0.4, -0.2) is 10.9 Å². The standard InChI is InChI=1S/C23H14ClF3N2OS/c24-16-10-8-14(9-11-16)22-29-20(13-31-22)15-4-3-5-17(12-15)28-21(30)18-6-1-2-7-19(18)23(25,26)27/h1-13H,(H,28,30). The van der Waals surface area contributed by atoms with Gasteiger partial charge in [-0.3, -0.25) is 4.79 Å². The first kappa shape index (κ1) is 21.1. The number of carbonyl (C=O) groups excluding carboxylic acids is 1. The molecule has 1 aromatic heterocycles. The highest BCUT2D eigenvalue weighted by atomic mass is 35.5. The van der Waals surface area contributed by atoms with Gasteiger partial charge in [-0.25, -0.2) is 4.98 Å². The highest BCUT2D eigenvalue weighted by Gasteiger charge is 2.34. The van der Waals surface area contributed by atoms with E-state index in [2.05, 4.69) is 10.3 Å². The van der Waals surface area contributed by atoms with Crippen molar-refractivity contribution in [3.8, 4) is 21.8 Å². The maximum Gasteiger partial charge on any atom is 0.417 e. The summed E-state index contributed by atoms with van der Waals surface area (Å²) in [5.41, 5.74) is 1.32. The van der Waals surface area contributed by atoms with Gasteiger partial charge in [0.25, 0.3) is 5.91 Å². The van der Waals surface area contributed by atoms with Crippen LogP contribution >= 0.6 is 22.9 Å². The van der Waals surface area contributed by atoms with Crippen LogP contribution in [0.15, 0.2) is 78.2 Å². The first-order chi connectivity index (χ1) is 14.8. The van der Waals surface area contributed by atoms with Crippen molar-refractivity contribution < 1.29 is 18.0 Å². The number of halogens is 4. The molecule has 4 rings (SSSR count). The van der Waals surface area contributed by atoms with E-state index in [4.69, 9.17) is 11.6 Å². The predicted molar refractivity (Wildman–Crippen MR) is 117 cm³/mol. The molecule has 0 atom stereocenters. The van der Waals surface area contributed by atoms with E-state index in [0.717, 1.165) is 28.3 Å². The highest BCUT2D eigenvalue weighted by molar-refractivity contribution is 7.13. The largest absolute Gasteiger partial charge is 0.417 e. The second-order valence-electron chi connectivity index (χ2n) is 6.62. The summed E-state index contributed by atoms with van der Waals surface area (Å²) < 4.78 is 39.6. The van der Waals surface area contributed by atoms with Gasteiger partial charge >= 0.3 is 6.18 Å². The Hall–Kier alpha value is -3.16. The third-order valence-corrected chi connectivity index (χ3v) is 5.63. The number of rotatable bonds is 4. The lowest BCUT2D eigenvalue weighted by atomic mass is 10.1. The second kappa shape index (κ2) is 8.53. The fourth-order valence-electron chi connectivity index (χ4n) is 3.01. The number of thiazole rings is 1. The van der Waals surface area contributed by atoms with E-state index in [1.807, 2.05) is 23.6 Å². The Labute approximate surface area is 185 Å². The highest BCUT2D eigenvalue weighted by Crippen LogP contribution is 2.33. The van der Waals surface area contributed by atoms with Crippen LogP contribution in [0.5, 0.6) is 0 Å². The van der Waals surface area contributed by atoms with Gasteiger partial charge in [0.15, 0.2) is 0 Å². The summed E-state index contributed by atoms with van der Waals surface area (Å²) in [6, 6.07) is 18.8. The summed E-state index contributed by atoms with van der Waals surface area (Å²) in [6.45, 7) is 0. The van der Waals surface area contributed by atoms with E-state index in [0.29, 0.717) is 16.4 Å².